The van der Waals surface area contributed by atoms with Crippen LogP contribution in [0.1, 0.15) is 10.4 Å². The second kappa shape index (κ2) is 9.06. The van der Waals surface area contributed by atoms with Gasteiger partial charge in [-0.05, 0) is 36.4 Å². The van der Waals surface area contributed by atoms with E-state index in [1.165, 1.54) is 30.3 Å². The zero-order valence-electron chi connectivity index (χ0n) is 18.1. The van der Waals surface area contributed by atoms with Gasteiger partial charge in [0.2, 0.25) is 0 Å². The van der Waals surface area contributed by atoms with Crippen molar-refractivity contribution in [2.45, 2.75) is 11.6 Å². The number of fused-ring (bicyclic) bond motifs is 2. The molecule has 4 aromatic rings. The second-order valence-corrected chi connectivity index (χ2v) is 9.11. The summed E-state index contributed by atoms with van der Waals surface area (Å²) >= 11 is 0. The summed E-state index contributed by atoms with van der Waals surface area (Å²) in [6, 6.07) is 16.8. The quantitative estimate of drug-likeness (QED) is 0.400. The topological polar surface area (TPSA) is 139 Å². The standard InChI is InChI=1S/C23H18N4O7S/c28-22-16-5-1-3-7-18(16)24-26-27(22)14-34-23(29)17-6-2-4-8-19(17)25-35(30,31)15-9-10-20-21(13-15)33-12-11-32-20/h1-10,13,25H,11-12,14H2. The molecule has 0 radical (unpaired) electrons. The van der Waals surface area contributed by atoms with Crippen LogP contribution >= 0.6 is 0 Å². The molecule has 178 valence electrons. The number of rotatable bonds is 6. The Bertz CT molecular complexity index is 1600. The molecule has 0 saturated heterocycles. The third-order valence-corrected chi connectivity index (χ3v) is 6.53. The minimum absolute atomic E-state index is 0.00401. The average molecular weight is 494 g/mol. The van der Waals surface area contributed by atoms with Crippen molar-refractivity contribution >= 4 is 32.6 Å². The van der Waals surface area contributed by atoms with E-state index >= 15 is 0 Å². The summed E-state index contributed by atoms with van der Waals surface area (Å²) in [5, 5.41) is 8.03. The SMILES string of the molecule is O=C(OCn1nnc2ccccc2c1=O)c1ccccc1NS(=O)(=O)c1ccc2c(c1)OCCO2. The van der Waals surface area contributed by atoms with Crippen molar-refractivity contribution in [3.63, 3.8) is 0 Å². The molecule has 0 bridgehead atoms. The largest absolute Gasteiger partial charge is 0.486 e. The van der Waals surface area contributed by atoms with Crippen LogP contribution in [0.5, 0.6) is 11.5 Å². The summed E-state index contributed by atoms with van der Waals surface area (Å²) in [7, 11) is -4.07. The molecule has 1 N–H and O–H groups in total. The lowest BCUT2D eigenvalue weighted by atomic mass is 10.2. The van der Waals surface area contributed by atoms with E-state index in [9.17, 15) is 18.0 Å². The second-order valence-electron chi connectivity index (χ2n) is 7.43. The van der Waals surface area contributed by atoms with Crippen molar-refractivity contribution < 1.29 is 27.4 Å². The van der Waals surface area contributed by atoms with Crippen LogP contribution in [-0.4, -0.2) is 42.6 Å². The highest BCUT2D eigenvalue weighted by Crippen LogP contribution is 2.33. The van der Waals surface area contributed by atoms with Gasteiger partial charge in [-0.2, -0.15) is 4.68 Å². The van der Waals surface area contributed by atoms with Gasteiger partial charge in [-0.3, -0.25) is 9.52 Å². The third kappa shape index (κ3) is 4.51. The van der Waals surface area contributed by atoms with Gasteiger partial charge in [-0.25, -0.2) is 13.2 Å². The molecule has 0 aliphatic carbocycles. The van der Waals surface area contributed by atoms with Crippen LogP contribution in [-0.2, 0) is 21.5 Å². The Balaban J connectivity index is 1.36. The number of anilines is 1. The molecule has 0 amide bonds. The summed E-state index contributed by atoms with van der Waals surface area (Å²) in [6.45, 7) is 0.186. The van der Waals surface area contributed by atoms with E-state index in [1.54, 1.807) is 36.4 Å². The van der Waals surface area contributed by atoms with Gasteiger partial charge in [0, 0.05) is 6.07 Å². The number of hydrogen-bond acceptors (Lipinski definition) is 9. The van der Waals surface area contributed by atoms with Crippen molar-refractivity contribution in [2.24, 2.45) is 0 Å². The number of aromatic nitrogens is 3. The molecule has 11 nitrogen and oxygen atoms in total. The van der Waals surface area contributed by atoms with Gasteiger partial charge in [0.25, 0.3) is 15.6 Å². The van der Waals surface area contributed by atoms with Crippen molar-refractivity contribution in [2.75, 3.05) is 17.9 Å². The Kier molecular flexibility index (Phi) is 5.79. The van der Waals surface area contributed by atoms with E-state index in [0.717, 1.165) is 4.68 Å². The highest BCUT2D eigenvalue weighted by molar-refractivity contribution is 7.92. The Hall–Kier alpha value is -4.45. The third-order valence-electron chi connectivity index (χ3n) is 5.16. The number of esters is 1. The molecular weight excluding hydrogens is 476 g/mol. The van der Waals surface area contributed by atoms with Gasteiger partial charge in [-0.1, -0.05) is 29.5 Å². The van der Waals surface area contributed by atoms with Crippen LogP contribution in [0.3, 0.4) is 0 Å². The van der Waals surface area contributed by atoms with E-state index in [0.29, 0.717) is 35.6 Å². The maximum absolute atomic E-state index is 13.0. The minimum Gasteiger partial charge on any atom is -0.486 e. The molecule has 1 aliphatic heterocycles. The number of benzene rings is 3. The molecule has 35 heavy (non-hydrogen) atoms. The van der Waals surface area contributed by atoms with Crippen molar-refractivity contribution in [3.05, 3.63) is 82.6 Å². The van der Waals surface area contributed by atoms with E-state index in [-0.39, 0.29) is 16.1 Å². The summed E-state index contributed by atoms with van der Waals surface area (Å²) in [6.07, 6.45) is 0. The molecular formula is C23H18N4O7S. The van der Waals surface area contributed by atoms with Crippen molar-refractivity contribution in [1.29, 1.82) is 0 Å². The van der Waals surface area contributed by atoms with E-state index in [4.69, 9.17) is 14.2 Å². The van der Waals surface area contributed by atoms with E-state index in [1.807, 2.05) is 0 Å². The number of ether oxygens (including phenoxy) is 3. The summed E-state index contributed by atoms with van der Waals surface area (Å²) in [5.74, 6) is -0.0905. The van der Waals surface area contributed by atoms with Gasteiger partial charge < -0.3 is 14.2 Å². The number of nitrogens with one attached hydrogen (secondary N) is 1. The number of sulfonamides is 1. The fourth-order valence-electron chi connectivity index (χ4n) is 3.45. The number of nitrogens with zero attached hydrogens (tertiary/aromatic N) is 3. The Morgan fingerprint density at radius 3 is 2.60 bits per heavy atom. The van der Waals surface area contributed by atoms with Gasteiger partial charge >= 0.3 is 5.97 Å². The normalized spacial score (nSPS) is 12.8. The smallest absolute Gasteiger partial charge is 0.342 e. The van der Waals surface area contributed by atoms with Crippen LogP contribution in [0.15, 0.2) is 76.4 Å². The molecule has 0 spiro atoms. The lowest BCUT2D eigenvalue weighted by molar-refractivity contribution is 0.0337. The molecule has 5 rings (SSSR count). The maximum Gasteiger partial charge on any atom is 0.342 e. The van der Waals surface area contributed by atoms with Crippen molar-refractivity contribution in [1.82, 2.24) is 15.0 Å². The van der Waals surface area contributed by atoms with E-state index in [2.05, 4.69) is 15.0 Å². The lowest BCUT2D eigenvalue weighted by Gasteiger charge is -2.19. The van der Waals surface area contributed by atoms with Crippen LogP contribution in [0.2, 0.25) is 0 Å². The minimum atomic E-state index is -4.07. The molecule has 3 aromatic carbocycles. The molecule has 0 fully saturated rings. The maximum atomic E-state index is 13.0. The fourth-order valence-corrected chi connectivity index (χ4v) is 4.54. The first-order valence-corrected chi connectivity index (χ1v) is 11.9. The van der Waals surface area contributed by atoms with Crippen LogP contribution in [0, 0.1) is 0 Å². The summed E-state index contributed by atoms with van der Waals surface area (Å²) in [5.41, 5.74) is -0.102. The zero-order chi connectivity index (χ0) is 24.4. The van der Waals surface area contributed by atoms with Gasteiger partial charge in [0.15, 0.2) is 18.2 Å². The number of hydrogen-bond donors (Lipinski definition) is 1. The van der Waals surface area contributed by atoms with Gasteiger partial charge in [0.05, 0.1) is 21.5 Å². The average Bonchev–Trinajstić information content (AvgIpc) is 2.88. The number of para-hydroxylation sites is 1. The van der Waals surface area contributed by atoms with Gasteiger partial charge in [0.1, 0.15) is 18.7 Å². The highest BCUT2D eigenvalue weighted by Gasteiger charge is 2.22. The predicted octanol–water partition coefficient (Wildman–Crippen LogP) is 2.18. The lowest BCUT2D eigenvalue weighted by Crippen LogP contribution is -2.27. The molecule has 0 atom stereocenters. The first kappa shape index (κ1) is 22.3. The molecule has 0 unspecified atom stereocenters. The molecule has 1 aliphatic rings. The van der Waals surface area contributed by atoms with E-state index < -0.39 is 28.3 Å². The molecule has 12 heteroatoms. The summed E-state index contributed by atoms with van der Waals surface area (Å²) in [4.78, 5) is 25.3. The highest BCUT2D eigenvalue weighted by atomic mass is 32.2. The molecule has 1 aromatic heterocycles. The van der Waals surface area contributed by atoms with Crippen LogP contribution in [0.25, 0.3) is 10.9 Å². The Morgan fingerprint density at radius 2 is 1.74 bits per heavy atom. The molecule has 0 saturated carbocycles. The monoisotopic (exact) mass is 494 g/mol. The molecule has 2 heterocycles. The predicted molar refractivity (Wildman–Crippen MR) is 124 cm³/mol. The summed E-state index contributed by atoms with van der Waals surface area (Å²) < 4.78 is 45.4. The van der Waals surface area contributed by atoms with Crippen LogP contribution < -0.4 is 19.8 Å². The fraction of sp³-hybridized carbons (Fsp3) is 0.130. The first-order valence-electron chi connectivity index (χ1n) is 10.4. The zero-order valence-corrected chi connectivity index (χ0v) is 18.9. The first-order chi connectivity index (χ1) is 16.9. The van der Waals surface area contributed by atoms with Gasteiger partial charge in [-0.15, -0.1) is 5.10 Å². The Morgan fingerprint density at radius 1 is 1.00 bits per heavy atom. The number of carbonyl (C=O) groups excluding carboxylic acids is 1. The Labute approximate surface area is 198 Å². The number of carbonyl (C=O) groups is 1. The van der Waals surface area contributed by atoms with Crippen LogP contribution in [0.4, 0.5) is 5.69 Å². The van der Waals surface area contributed by atoms with Crippen molar-refractivity contribution in [3.8, 4) is 11.5 Å².